The highest BCUT2D eigenvalue weighted by molar-refractivity contribution is 6.31. The van der Waals surface area contributed by atoms with Crippen LogP contribution < -0.4 is 15.4 Å². The lowest BCUT2D eigenvalue weighted by Crippen LogP contribution is -2.84. The predicted octanol–water partition coefficient (Wildman–Crippen LogP) is 3.47. The zero-order valence-corrected chi connectivity index (χ0v) is 17.2. The van der Waals surface area contributed by atoms with Crippen molar-refractivity contribution < 1.29 is 18.7 Å². The number of ether oxygens (including phenoxy) is 1. The van der Waals surface area contributed by atoms with Crippen LogP contribution in [0.25, 0.3) is 0 Å². The second kappa shape index (κ2) is 7.82. The highest BCUT2D eigenvalue weighted by Gasteiger charge is 2.69. The fourth-order valence-corrected chi connectivity index (χ4v) is 4.28. The monoisotopic (exact) mass is 446 g/mol. The SMILES string of the molecule is O=C(C#Cc1ccc(Cl)cc1)NC12CC(NC(=O)COc3ccc(Cl)c(F)c3)(C1)C2. The van der Waals surface area contributed by atoms with Gasteiger partial charge in [-0.2, -0.15) is 0 Å². The van der Waals surface area contributed by atoms with Crippen LogP contribution >= 0.6 is 23.2 Å². The molecular weight excluding hydrogens is 430 g/mol. The molecule has 2 amide bonds. The number of hydrogen-bond donors (Lipinski definition) is 2. The Morgan fingerprint density at radius 1 is 1.03 bits per heavy atom. The molecule has 3 saturated carbocycles. The van der Waals surface area contributed by atoms with Crippen molar-refractivity contribution >= 4 is 35.0 Å². The van der Waals surface area contributed by atoms with E-state index in [9.17, 15) is 14.0 Å². The number of rotatable bonds is 5. The summed E-state index contributed by atoms with van der Waals surface area (Å²) in [5, 5.41) is 6.46. The number of carbonyl (C=O) groups excluding carboxylic acids is 2. The molecule has 8 heteroatoms. The van der Waals surface area contributed by atoms with Gasteiger partial charge in [-0.25, -0.2) is 4.39 Å². The van der Waals surface area contributed by atoms with E-state index < -0.39 is 5.82 Å². The summed E-state index contributed by atoms with van der Waals surface area (Å²) < 4.78 is 18.7. The fourth-order valence-electron chi connectivity index (χ4n) is 4.03. The number of halogens is 3. The molecule has 3 aliphatic carbocycles. The van der Waals surface area contributed by atoms with Crippen LogP contribution in [0.2, 0.25) is 10.0 Å². The molecule has 2 aromatic rings. The van der Waals surface area contributed by atoms with Crippen molar-refractivity contribution in [2.24, 2.45) is 0 Å². The van der Waals surface area contributed by atoms with Crippen molar-refractivity contribution in [1.29, 1.82) is 0 Å². The van der Waals surface area contributed by atoms with Gasteiger partial charge < -0.3 is 15.4 Å². The molecule has 0 unspecified atom stereocenters. The normalized spacial score (nSPS) is 23.2. The molecule has 3 fully saturated rings. The molecule has 0 aromatic heterocycles. The Morgan fingerprint density at radius 3 is 2.37 bits per heavy atom. The average molecular weight is 447 g/mol. The van der Waals surface area contributed by atoms with Crippen LogP contribution in [0.3, 0.4) is 0 Å². The number of nitrogens with one attached hydrogen (secondary N) is 2. The van der Waals surface area contributed by atoms with E-state index in [2.05, 4.69) is 22.5 Å². The first kappa shape index (κ1) is 20.5. The fraction of sp³-hybridized carbons (Fsp3) is 0.273. The number of carbonyl (C=O) groups is 2. The van der Waals surface area contributed by atoms with E-state index in [1.165, 1.54) is 12.1 Å². The van der Waals surface area contributed by atoms with Gasteiger partial charge in [-0.15, -0.1) is 0 Å². The van der Waals surface area contributed by atoms with Gasteiger partial charge in [-0.3, -0.25) is 9.59 Å². The first-order valence-corrected chi connectivity index (χ1v) is 10.0. The van der Waals surface area contributed by atoms with Crippen molar-refractivity contribution in [3.63, 3.8) is 0 Å². The summed E-state index contributed by atoms with van der Waals surface area (Å²) in [4.78, 5) is 24.2. The van der Waals surface area contributed by atoms with Crippen molar-refractivity contribution in [3.05, 3.63) is 63.9 Å². The summed E-state index contributed by atoms with van der Waals surface area (Å²) >= 11 is 11.4. The largest absolute Gasteiger partial charge is 0.484 e. The van der Waals surface area contributed by atoms with Crippen LogP contribution in [0.5, 0.6) is 5.75 Å². The molecule has 0 saturated heterocycles. The second-order valence-electron chi connectivity index (χ2n) is 7.71. The molecule has 5 nitrogen and oxygen atoms in total. The quantitative estimate of drug-likeness (QED) is 0.690. The molecule has 154 valence electrons. The molecule has 0 heterocycles. The topological polar surface area (TPSA) is 67.4 Å². The smallest absolute Gasteiger partial charge is 0.296 e. The van der Waals surface area contributed by atoms with Gasteiger partial charge in [0.25, 0.3) is 11.8 Å². The first-order chi connectivity index (χ1) is 14.3. The van der Waals surface area contributed by atoms with Crippen molar-refractivity contribution in [3.8, 4) is 17.6 Å². The average Bonchev–Trinajstić information content (AvgIpc) is 2.66. The van der Waals surface area contributed by atoms with Gasteiger partial charge in [-0.05, 0) is 55.7 Å². The molecule has 0 atom stereocenters. The van der Waals surface area contributed by atoms with Crippen LogP contribution in [0.1, 0.15) is 24.8 Å². The number of amides is 2. The van der Waals surface area contributed by atoms with E-state index in [1.807, 2.05) is 0 Å². The Hall–Kier alpha value is -2.75. The summed E-state index contributed by atoms with van der Waals surface area (Å²) in [6, 6.07) is 10.9. The van der Waals surface area contributed by atoms with Crippen molar-refractivity contribution in [2.75, 3.05) is 6.61 Å². The van der Waals surface area contributed by atoms with E-state index in [0.29, 0.717) is 29.8 Å². The minimum Gasteiger partial charge on any atom is -0.484 e. The molecule has 2 N–H and O–H groups in total. The highest BCUT2D eigenvalue weighted by atomic mass is 35.5. The number of benzene rings is 2. The Labute approximate surface area is 182 Å². The van der Waals surface area contributed by atoms with Crippen LogP contribution in [0.4, 0.5) is 4.39 Å². The maximum Gasteiger partial charge on any atom is 0.296 e. The van der Waals surface area contributed by atoms with Crippen molar-refractivity contribution in [2.45, 2.75) is 30.3 Å². The Kier molecular flexibility index (Phi) is 5.35. The zero-order chi connectivity index (χ0) is 21.4. The highest BCUT2D eigenvalue weighted by Crippen LogP contribution is 2.60. The van der Waals surface area contributed by atoms with E-state index in [1.54, 1.807) is 24.3 Å². The summed E-state index contributed by atoms with van der Waals surface area (Å²) in [5.41, 5.74) is 0.0818. The van der Waals surface area contributed by atoms with Crippen LogP contribution in [-0.4, -0.2) is 29.5 Å². The van der Waals surface area contributed by atoms with Crippen molar-refractivity contribution in [1.82, 2.24) is 10.6 Å². The Bertz CT molecular complexity index is 1060. The van der Waals surface area contributed by atoms with Crippen LogP contribution in [0.15, 0.2) is 42.5 Å². The molecular formula is C22H17Cl2FN2O3. The lowest BCUT2D eigenvalue weighted by atomic mass is 9.44. The lowest BCUT2D eigenvalue weighted by molar-refractivity contribution is -0.148. The number of hydrogen-bond acceptors (Lipinski definition) is 3. The lowest BCUT2D eigenvalue weighted by Gasteiger charge is -2.70. The zero-order valence-electron chi connectivity index (χ0n) is 15.7. The standard InChI is InChI=1S/C22H17Cl2FN2O3/c23-15-4-1-14(2-5-15)3-8-19(28)26-21-11-22(12-21,13-21)27-20(29)10-30-16-6-7-17(24)18(25)9-16/h1-2,4-7,9H,10-13H2,(H,26,28)(H,27,29). The van der Waals surface area contributed by atoms with Crippen LogP contribution in [-0.2, 0) is 9.59 Å². The third-order valence-electron chi connectivity index (χ3n) is 5.24. The predicted molar refractivity (Wildman–Crippen MR) is 111 cm³/mol. The van der Waals surface area contributed by atoms with Crippen LogP contribution in [0, 0.1) is 17.7 Å². The van der Waals surface area contributed by atoms with Gasteiger partial charge in [-0.1, -0.05) is 29.1 Å². The molecule has 0 radical (unpaired) electrons. The summed E-state index contributed by atoms with van der Waals surface area (Å²) in [5.74, 6) is 4.35. The summed E-state index contributed by atoms with van der Waals surface area (Å²) in [7, 11) is 0. The third kappa shape index (κ3) is 4.38. The third-order valence-corrected chi connectivity index (χ3v) is 5.80. The van der Waals surface area contributed by atoms with E-state index in [4.69, 9.17) is 27.9 Å². The van der Waals surface area contributed by atoms with Gasteiger partial charge >= 0.3 is 0 Å². The van der Waals surface area contributed by atoms with Gasteiger partial charge in [0.1, 0.15) is 11.6 Å². The minimum absolute atomic E-state index is 0.00845. The molecule has 5 rings (SSSR count). The molecule has 3 aliphatic rings. The van der Waals surface area contributed by atoms with E-state index in [-0.39, 0.29) is 40.3 Å². The summed E-state index contributed by atoms with van der Waals surface area (Å²) in [6.45, 7) is -0.227. The van der Waals surface area contributed by atoms with Gasteiger partial charge in [0, 0.05) is 33.7 Å². The molecule has 2 bridgehead atoms. The molecule has 0 aliphatic heterocycles. The Morgan fingerprint density at radius 2 is 1.70 bits per heavy atom. The minimum atomic E-state index is -0.606. The molecule has 2 aromatic carbocycles. The summed E-state index contributed by atoms with van der Waals surface area (Å²) in [6.07, 6.45) is 1.95. The first-order valence-electron chi connectivity index (χ1n) is 9.25. The maximum absolute atomic E-state index is 13.4. The second-order valence-corrected chi connectivity index (χ2v) is 8.56. The Balaban J connectivity index is 1.21. The van der Waals surface area contributed by atoms with E-state index >= 15 is 0 Å². The van der Waals surface area contributed by atoms with Gasteiger partial charge in [0.05, 0.1) is 5.02 Å². The molecule has 0 spiro atoms. The van der Waals surface area contributed by atoms with Gasteiger partial charge in [0.2, 0.25) is 0 Å². The maximum atomic E-state index is 13.4. The van der Waals surface area contributed by atoms with Gasteiger partial charge in [0.15, 0.2) is 6.61 Å². The molecule has 30 heavy (non-hydrogen) atoms. The van der Waals surface area contributed by atoms with E-state index in [0.717, 1.165) is 6.07 Å².